The Labute approximate surface area is 103 Å². The predicted molar refractivity (Wildman–Crippen MR) is 68.6 cm³/mol. The molecule has 2 aliphatic heterocycles. The van der Waals surface area contributed by atoms with E-state index >= 15 is 0 Å². The van der Waals surface area contributed by atoms with E-state index < -0.39 is 6.04 Å². The molecule has 0 spiro atoms. The quantitative estimate of drug-likeness (QED) is 0.728. The third-order valence-corrected chi connectivity index (χ3v) is 3.87. The maximum atomic E-state index is 12.0. The van der Waals surface area contributed by atoms with Gasteiger partial charge in [-0.05, 0) is 38.8 Å². The SMILES string of the molecule is C=CCC(N)C(=O)N1CCC(N2CCCC2)C1. The molecule has 0 bridgehead atoms. The second-order valence-electron chi connectivity index (χ2n) is 5.10. The smallest absolute Gasteiger partial charge is 0.239 e. The van der Waals surface area contributed by atoms with Crippen molar-refractivity contribution in [2.75, 3.05) is 26.2 Å². The van der Waals surface area contributed by atoms with Gasteiger partial charge in [-0.25, -0.2) is 0 Å². The van der Waals surface area contributed by atoms with Crippen LogP contribution in [0.2, 0.25) is 0 Å². The highest BCUT2D eigenvalue weighted by Crippen LogP contribution is 2.20. The van der Waals surface area contributed by atoms with E-state index in [9.17, 15) is 4.79 Å². The van der Waals surface area contributed by atoms with Crippen LogP contribution in [-0.2, 0) is 4.79 Å². The van der Waals surface area contributed by atoms with Crippen LogP contribution in [-0.4, -0.2) is 54.0 Å². The molecule has 1 amide bonds. The van der Waals surface area contributed by atoms with E-state index in [4.69, 9.17) is 5.73 Å². The van der Waals surface area contributed by atoms with Crippen molar-refractivity contribution in [1.82, 2.24) is 9.80 Å². The van der Waals surface area contributed by atoms with Crippen LogP contribution in [0.15, 0.2) is 12.7 Å². The number of nitrogens with two attached hydrogens (primary N) is 1. The van der Waals surface area contributed by atoms with E-state index in [-0.39, 0.29) is 5.91 Å². The molecular formula is C13H23N3O. The average Bonchev–Trinajstić information content (AvgIpc) is 2.98. The fourth-order valence-electron chi connectivity index (χ4n) is 2.86. The second-order valence-corrected chi connectivity index (χ2v) is 5.10. The zero-order valence-electron chi connectivity index (χ0n) is 10.5. The Balaban J connectivity index is 1.84. The maximum Gasteiger partial charge on any atom is 0.239 e. The fraction of sp³-hybridized carbons (Fsp3) is 0.769. The lowest BCUT2D eigenvalue weighted by Crippen LogP contribution is -2.44. The molecule has 0 aliphatic carbocycles. The summed E-state index contributed by atoms with van der Waals surface area (Å²) in [6.45, 7) is 7.76. The minimum Gasteiger partial charge on any atom is -0.340 e. The Kier molecular flexibility index (Phi) is 4.18. The van der Waals surface area contributed by atoms with Gasteiger partial charge in [-0.1, -0.05) is 6.08 Å². The first kappa shape index (κ1) is 12.6. The van der Waals surface area contributed by atoms with Crippen molar-refractivity contribution >= 4 is 5.91 Å². The molecule has 2 N–H and O–H groups in total. The molecule has 17 heavy (non-hydrogen) atoms. The minimum absolute atomic E-state index is 0.0894. The van der Waals surface area contributed by atoms with E-state index in [2.05, 4.69) is 11.5 Å². The molecule has 4 nitrogen and oxygen atoms in total. The Bertz CT molecular complexity index is 286. The summed E-state index contributed by atoms with van der Waals surface area (Å²) in [4.78, 5) is 16.5. The summed E-state index contributed by atoms with van der Waals surface area (Å²) in [5, 5.41) is 0. The summed E-state index contributed by atoms with van der Waals surface area (Å²) >= 11 is 0. The van der Waals surface area contributed by atoms with Gasteiger partial charge in [0.2, 0.25) is 5.91 Å². The summed E-state index contributed by atoms with van der Waals surface area (Å²) in [5.41, 5.74) is 5.83. The molecular weight excluding hydrogens is 214 g/mol. The molecule has 2 rings (SSSR count). The Hall–Kier alpha value is -0.870. The van der Waals surface area contributed by atoms with Gasteiger partial charge in [0.15, 0.2) is 0 Å². The van der Waals surface area contributed by atoms with Gasteiger partial charge in [0.25, 0.3) is 0 Å². The largest absolute Gasteiger partial charge is 0.340 e. The summed E-state index contributed by atoms with van der Waals surface area (Å²) in [6.07, 6.45) is 6.01. The first-order valence-corrected chi connectivity index (χ1v) is 6.61. The maximum absolute atomic E-state index is 12.0. The Morgan fingerprint density at radius 2 is 2.12 bits per heavy atom. The number of carbonyl (C=O) groups is 1. The molecule has 2 saturated heterocycles. The topological polar surface area (TPSA) is 49.6 Å². The highest BCUT2D eigenvalue weighted by atomic mass is 16.2. The molecule has 0 radical (unpaired) electrons. The van der Waals surface area contributed by atoms with Gasteiger partial charge in [0.05, 0.1) is 6.04 Å². The number of carbonyl (C=O) groups excluding carboxylic acids is 1. The number of likely N-dealkylation sites (tertiary alicyclic amines) is 2. The van der Waals surface area contributed by atoms with Crippen molar-refractivity contribution in [3.63, 3.8) is 0 Å². The van der Waals surface area contributed by atoms with Crippen molar-refractivity contribution in [3.05, 3.63) is 12.7 Å². The summed E-state index contributed by atoms with van der Waals surface area (Å²) in [6, 6.07) is 0.169. The summed E-state index contributed by atoms with van der Waals surface area (Å²) in [5.74, 6) is 0.0894. The Morgan fingerprint density at radius 3 is 2.76 bits per heavy atom. The zero-order valence-corrected chi connectivity index (χ0v) is 10.5. The molecule has 2 heterocycles. The molecule has 2 aliphatic rings. The van der Waals surface area contributed by atoms with Gasteiger partial charge in [-0.2, -0.15) is 0 Å². The average molecular weight is 237 g/mol. The van der Waals surface area contributed by atoms with Gasteiger partial charge in [0, 0.05) is 19.1 Å². The van der Waals surface area contributed by atoms with Gasteiger partial charge in [-0.15, -0.1) is 6.58 Å². The van der Waals surface area contributed by atoms with E-state index in [1.807, 2.05) is 4.90 Å². The molecule has 4 heteroatoms. The normalized spacial score (nSPS) is 27.4. The third kappa shape index (κ3) is 2.87. The van der Waals surface area contributed by atoms with Gasteiger partial charge in [-0.3, -0.25) is 9.69 Å². The van der Waals surface area contributed by atoms with Crippen molar-refractivity contribution < 1.29 is 4.79 Å². The highest BCUT2D eigenvalue weighted by molar-refractivity contribution is 5.82. The van der Waals surface area contributed by atoms with Crippen molar-refractivity contribution in [3.8, 4) is 0 Å². The number of nitrogens with zero attached hydrogens (tertiary/aromatic N) is 2. The lowest BCUT2D eigenvalue weighted by Gasteiger charge is -2.24. The van der Waals surface area contributed by atoms with Gasteiger partial charge < -0.3 is 10.6 Å². The molecule has 2 unspecified atom stereocenters. The lowest BCUT2D eigenvalue weighted by molar-refractivity contribution is -0.131. The van der Waals surface area contributed by atoms with E-state index in [1.165, 1.54) is 25.9 Å². The van der Waals surface area contributed by atoms with Crippen LogP contribution >= 0.6 is 0 Å². The van der Waals surface area contributed by atoms with Crippen LogP contribution in [0.3, 0.4) is 0 Å². The van der Waals surface area contributed by atoms with Crippen LogP contribution in [0.25, 0.3) is 0 Å². The number of amides is 1. The molecule has 0 aromatic carbocycles. The summed E-state index contributed by atoms with van der Waals surface area (Å²) in [7, 11) is 0. The van der Waals surface area contributed by atoms with Gasteiger partial charge in [0.1, 0.15) is 0 Å². The first-order valence-electron chi connectivity index (χ1n) is 6.61. The first-order chi connectivity index (χ1) is 8.22. The Morgan fingerprint density at radius 1 is 1.41 bits per heavy atom. The van der Waals surface area contributed by atoms with Gasteiger partial charge >= 0.3 is 0 Å². The molecule has 96 valence electrons. The van der Waals surface area contributed by atoms with Crippen molar-refractivity contribution in [2.45, 2.75) is 37.8 Å². The fourth-order valence-corrected chi connectivity index (χ4v) is 2.86. The lowest BCUT2D eigenvalue weighted by atomic mass is 10.2. The van der Waals surface area contributed by atoms with Crippen LogP contribution in [0.5, 0.6) is 0 Å². The van der Waals surface area contributed by atoms with Crippen LogP contribution in [0.4, 0.5) is 0 Å². The summed E-state index contributed by atoms with van der Waals surface area (Å²) < 4.78 is 0. The van der Waals surface area contributed by atoms with Crippen molar-refractivity contribution in [2.24, 2.45) is 5.73 Å². The van der Waals surface area contributed by atoms with Crippen LogP contribution < -0.4 is 5.73 Å². The number of hydrogen-bond donors (Lipinski definition) is 1. The third-order valence-electron chi connectivity index (χ3n) is 3.87. The van der Waals surface area contributed by atoms with E-state index in [0.29, 0.717) is 12.5 Å². The molecule has 0 saturated carbocycles. The molecule has 2 fully saturated rings. The number of hydrogen-bond acceptors (Lipinski definition) is 3. The van der Waals surface area contributed by atoms with E-state index in [1.54, 1.807) is 6.08 Å². The molecule has 0 aromatic rings. The number of rotatable bonds is 4. The monoisotopic (exact) mass is 237 g/mol. The second kappa shape index (κ2) is 5.65. The minimum atomic E-state index is -0.398. The molecule has 0 aromatic heterocycles. The van der Waals surface area contributed by atoms with Crippen LogP contribution in [0, 0.1) is 0 Å². The highest BCUT2D eigenvalue weighted by Gasteiger charge is 2.32. The zero-order chi connectivity index (χ0) is 12.3. The standard InChI is InChI=1S/C13H23N3O/c1-2-5-12(14)13(17)16-9-6-11(10-16)15-7-3-4-8-15/h2,11-12H,1,3-10,14H2. The predicted octanol–water partition coefficient (Wildman–Crippen LogP) is 0.587. The van der Waals surface area contributed by atoms with Crippen molar-refractivity contribution in [1.29, 1.82) is 0 Å². The van der Waals surface area contributed by atoms with Crippen LogP contribution in [0.1, 0.15) is 25.7 Å². The molecule has 2 atom stereocenters. The van der Waals surface area contributed by atoms with E-state index in [0.717, 1.165) is 19.5 Å².